The van der Waals surface area contributed by atoms with E-state index in [1.165, 1.54) is 6.33 Å². The minimum absolute atomic E-state index is 0.00799. The van der Waals surface area contributed by atoms with E-state index < -0.39 is 12.2 Å². The lowest BCUT2D eigenvalue weighted by molar-refractivity contribution is -0.00658. The number of fused-ring (bicyclic) bond motifs is 1. The second kappa shape index (κ2) is 10.7. The lowest BCUT2D eigenvalue weighted by Gasteiger charge is -2.42. The molecular formula is C27H36BrN7O2. The molecule has 0 unspecified atom stereocenters. The first kappa shape index (κ1) is 26.1. The molecule has 10 heteroatoms. The zero-order valence-corrected chi connectivity index (χ0v) is 23.0. The lowest BCUT2D eigenvalue weighted by atomic mass is 9.76. The van der Waals surface area contributed by atoms with Gasteiger partial charge >= 0.3 is 0 Å². The third-order valence-corrected chi connectivity index (χ3v) is 8.43. The Labute approximate surface area is 225 Å². The first-order valence-corrected chi connectivity index (χ1v) is 13.7. The highest BCUT2D eigenvalue weighted by Gasteiger charge is 2.44. The summed E-state index contributed by atoms with van der Waals surface area (Å²) in [5, 5.41) is 24.5. The number of halogens is 1. The van der Waals surface area contributed by atoms with Gasteiger partial charge in [-0.3, -0.25) is 0 Å². The van der Waals surface area contributed by atoms with E-state index in [9.17, 15) is 10.2 Å². The van der Waals surface area contributed by atoms with Crippen LogP contribution >= 0.6 is 15.9 Å². The SMILES string of the molecule is C=C(Br)/C=c1/[nH]c(CCC2CC(N(C)C[C@H]3C[C@@H](n4ccc5c(N)ncnc54)[C@H](O)[C@@H]3O)C2)n/c1=C/C. The molecule has 5 rings (SSSR count). The number of rotatable bonds is 8. The molecule has 0 radical (unpaired) electrons. The normalized spacial score (nSPS) is 28.9. The molecule has 4 atom stereocenters. The van der Waals surface area contributed by atoms with Crippen molar-refractivity contribution in [2.75, 3.05) is 19.3 Å². The maximum absolute atomic E-state index is 10.9. The van der Waals surface area contributed by atoms with Crippen LogP contribution in [0.3, 0.4) is 0 Å². The smallest absolute Gasteiger partial charge is 0.145 e. The predicted octanol–water partition coefficient (Wildman–Crippen LogP) is 1.85. The molecule has 0 amide bonds. The molecule has 3 aromatic heterocycles. The van der Waals surface area contributed by atoms with Gasteiger partial charge in [-0.05, 0) is 57.7 Å². The summed E-state index contributed by atoms with van der Waals surface area (Å²) in [6.45, 7) is 6.64. The molecule has 9 nitrogen and oxygen atoms in total. The van der Waals surface area contributed by atoms with Gasteiger partial charge in [0.2, 0.25) is 0 Å². The first-order valence-electron chi connectivity index (χ1n) is 13.0. The number of nitrogens with two attached hydrogens (primary N) is 1. The predicted molar refractivity (Wildman–Crippen MR) is 149 cm³/mol. The summed E-state index contributed by atoms with van der Waals surface area (Å²) < 4.78 is 2.76. The molecule has 0 spiro atoms. The van der Waals surface area contributed by atoms with Crippen molar-refractivity contribution in [3.63, 3.8) is 0 Å². The number of hydrogen-bond donors (Lipinski definition) is 4. The lowest BCUT2D eigenvalue weighted by Crippen LogP contribution is -2.46. The molecule has 3 aromatic rings. The molecule has 0 bridgehead atoms. The fraction of sp³-hybridized carbons (Fsp3) is 0.519. The van der Waals surface area contributed by atoms with Crippen molar-refractivity contribution in [1.29, 1.82) is 0 Å². The van der Waals surface area contributed by atoms with E-state index in [1.807, 2.05) is 35.9 Å². The molecule has 198 valence electrons. The number of aromatic amines is 1. The van der Waals surface area contributed by atoms with Crippen molar-refractivity contribution in [3.8, 4) is 0 Å². The molecule has 2 fully saturated rings. The van der Waals surface area contributed by atoms with Crippen LogP contribution in [0.15, 0.2) is 29.7 Å². The summed E-state index contributed by atoms with van der Waals surface area (Å²) >= 11 is 3.39. The van der Waals surface area contributed by atoms with Gasteiger partial charge in [0.25, 0.3) is 0 Å². The van der Waals surface area contributed by atoms with Crippen molar-refractivity contribution >= 4 is 44.9 Å². The number of aliphatic hydroxyl groups is 2. The fourth-order valence-electron chi connectivity index (χ4n) is 6.03. The fourth-order valence-corrected chi connectivity index (χ4v) is 6.26. The van der Waals surface area contributed by atoms with Gasteiger partial charge in [-0.2, -0.15) is 0 Å². The zero-order valence-electron chi connectivity index (χ0n) is 21.4. The van der Waals surface area contributed by atoms with Crippen LogP contribution in [0.25, 0.3) is 23.2 Å². The Kier molecular flexibility index (Phi) is 7.53. The van der Waals surface area contributed by atoms with E-state index in [4.69, 9.17) is 10.7 Å². The summed E-state index contributed by atoms with van der Waals surface area (Å²) in [6, 6.07) is 2.14. The molecule has 5 N–H and O–H groups in total. The largest absolute Gasteiger partial charge is 0.390 e. The van der Waals surface area contributed by atoms with Crippen molar-refractivity contribution in [1.82, 2.24) is 29.4 Å². The Morgan fingerprint density at radius 2 is 2.08 bits per heavy atom. The molecule has 0 aromatic carbocycles. The number of aryl methyl sites for hydroxylation is 1. The summed E-state index contributed by atoms with van der Waals surface area (Å²) in [5.74, 6) is 2.11. The van der Waals surface area contributed by atoms with Crippen LogP contribution in [0.4, 0.5) is 5.82 Å². The molecule has 0 saturated heterocycles. The monoisotopic (exact) mass is 569 g/mol. The van der Waals surface area contributed by atoms with E-state index in [-0.39, 0.29) is 12.0 Å². The number of imidazole rings is 1. The van der Waals surface area contributed by atoms with Crippen molar-refractivity contribution in [2.24, 2.45) is 11.8 Å². The van der Waals surface area contributed by atoms with Crippen LogP contribution in [0.1, 0.15) is 44.5 Å². The quantitative estimate of drug-likeness (QED) is 0.326. The van der Waals surface area contributed by atoms with Crippen LogP contribution < -0.4 is 16.4 Å². The highest BCUT2D eigenvalue weighted by Crippen LogP contribution is 2.40. The number of aliphatic hydroxyl groups excluding tert-OH is 2. The number of nitrogens with zero attached hydrogens (tertiary/aromatic N) is 5. The van der Waals surface area contributed by atoms with E-state index in [2.05, 4.69) is 49.4 Å². The van der Waals surface area contributed by atoms with Gasteiger partial charge in [0, 0.05) is 35.6 Å². The second-order valence-corrected chi connectivity index (χ2v) is 11.6. The number of H-pyrrole nitrogens is 1. The summed E-state index contributed by atoms with van der Waals surface area (Å²) in [7, 11) is 2.14. The van der Waals surface area contributed by atoms with Gasteiger partial charge < -0.3 is 30.4 Å². The number of allylic oxidation sites excluding steroid dienone is 1. The van der Waals surface area contributed by atoms with Gasteiger partial charge in [-0.15, -0.1) is 0 Å². The second-order valence-electron chi connectivity index (χ2n) is 10.6. The Balaban J connectivity index is 1.14. The average molecular weight is 571 g/mol. The first-order chi connectivity index (χ1) is 17.7. The van der Waals surface area contributed by atoms with Crippen LogP contribution in [0.5, 0.6) is 0 Å². The Morgan fingerprint density at radius 1 is 1.30 bits per heavy atom. The minimum Gasteiger partial charge on any atom is -0.390 e. The third kappa shape index (κ3) is 5.25. The maximum atomic E-state index is 10.9. The minimum atomic E-state index is -0.846. The van der Waals surface area contributed by atoms with Crippen LogP contribution in [0.2, 0.25) is 0 Å². The number of anilines is 1. The summed E-state index contributed by atoms with van der Waals surface area (Å²) in [5.41, 5.74) is 6.68. The maximum Gasteiger partial charge on any atom is 0.145 e. The van der Waals surface area contributed by atoms with E-state index >= 15 is 0 Å². The molecule has 2 aliphatic rings. The highest BCUT2D eigenvalue weighted by molar-refractivity contribution is 9.12. The molecule has 37 heavy (non-hydrogen) atoms. The van der Waals surface area contributed by atoms with Crippen LogP contribution in [-0.4, -0.2) is 71.5 Å². The Morgan fingerprint density at radius 3 is 2.81 bits per heavy atom. The highest BCUT2D eigenvalue weighted by atomic mass is 79.9. The van der Waals surface area contributed by atoms with Gasteiger partial charge in [0.05, 0.1) is 28.2 Å². The van der Waals surface area contributed by atoms with Gasteiger partial charge in [-0.25, -0.2) is 15.0 Å². The zero-order chi connectivity index (χ0) is 26.3. The Bertz CT molecular complexity index is 1390. The van der Waals surface area contributed by atoms with Crippen molar-refractivity contribution in [2.45, 2.75) is 63.3 Å². The third-order valence-electron chi connectivity index (χ3n) is 8.20. The number of hydrogen-bond acceptors (Lipinski definition) is 7. The van der Waals surface area contributed by atoms with Crippen molar-refractivity contribution in [3.05, 3.63) is 46.2 Å². The molecular weight excluding hydrogens is 534 g/mol. The number of nitrogens with one attached hydrogen (secondary N) is 1. The van der Waals surface area contributed by atoms with Crippen LogP contribution in [0, 0.1) is 11.8 Å². The van der Waals surface area contributed by atoms with Crippen LogP contribution in [-0.2, 0) is 6.42 Å². The van der Waals surface area contributed by atoms with Gasteiger partial charge in [0.15, 0.2) is 0 Å². The summed E-state index contributed by atoms with van der Waals surface area (Å²) in [4.78, 5) is 18.9. The van der Waals surface area contributed by atoms with Gasteiger partial charge in [0.1, 0.15) is 29.7 Å². The number of nitrogen functional groups attached to an aromatic ring is 1. The molecule has 3 heterocycles. The van der Waals surface area contributed by atoms with E-state index in [1.54, 1.807) is 0 Å². The summed E-state index contributed by atoms with van der Waals surface area (Å²) in [6.07, 6.45) is 10.7. The number of aromatic nitrogens is 5. The molecule has 2 saturated carbocycles. The standard InChI is InChI=1S/C27H36BrN7O2/c1-4-20-21(9-15(2)28)33-23(32-20)6-5-16-10-18(11-16)34(3)13-17-12-22(25(37)24(17)36)35-8-7-19-26(29)30-14-31-27(19)35/h4,7-9,14,16-18,22,24-25,36-37H,2,5-6,10-13H2,1,3H3,(H,32,33)(H2,29,30,31)/b20-4+,21-9+/t16?,17-,18?,22-,24-,25+/m1/s1. The van der Waals surface area contributed by atoms with E-state index in [0.29, 0.717) is 29.8 Å². The molecule has 2 aliphatic carbocycles. The Hall–Kier alpha value is -2.53. The van der Waals surface area contributed by atoms with Crippen molar-refractivity contribution < 1.29 is 10.2 Å². The average Bonchev–Trinajstić information content (AvgIpc) is 3.50. The topological polar surface area (TPSA) is 129 Å². The van der Waals surface area contributed by atoms with E-state index in [0.717, 1.165) is 58.6 Å². The molecule has 0 aliphatic heterocycles. The van der Waals surface area contributed by atoms with Gasteiger partial charge in [-0.1, -0.05) is 28.6 Å².